The van der Waals surface area contributed by atoms with Crippen LogP contribution in [-0.4, -0.2) is 38.9 Å². The quantitative estimate of drug-likeness (QED) is 0.460. The first-order chi connectivity index (χ1) is 15.2. The first kappa shape index (κ1) is 20.4. The highest BCUT2D eigenvalue weighted by molar-refractivity contribution is 7.93. The number of benzene rings is 2. The molecule has 1 saturated carbocycles. The number of rotatable bonds is 6. The molecule has 0 unspecified atom stereocenters. The van der Waals surface area contributed by atoms with Crippen LogP contribution in [0.2, 0.25) is 0 Å². The number of sulfonamides is 1. The van der Waals surface area contributed by atoms with Crippen molar-refractivity contribution < 1.29 is 26.2 Å². The molecular weight excluding hydrogens is 451 g/mol. The monoisotopic (exact) mass is 465 g/mol. The highest BCUT2D eigenvalue weighted by Gasteiger charge is 2.33. The first-order valence-corrected chi connectivity index (χ1v) is 10.9. The largest absolute Gasteiger partial charge is 0.416 e. The third-order valence-electron chi connectivity index (χ3n) is 5.04. The van der Waals surface area contributed by atoms with Crippen molar-refractivity contribution in [3.05, 3.63) is 53.3 Å². The molecule has 1 aliphatic rings. The molecule has 0 amide bonds. The zero-order chi connectivity index (χ0) is 22.5. The van der Waals surface area contributed by atoms with Gasteiger partial charge in [-0.3, -0.25) is 4.72 Å². The van der Waals surface area contributed by atoms with Crippen LogP contribution in [0, 0.1) is 0 Å². The molecule has 14 heteroatoms. The molecule has 0 atom stereocenters. The number of hydrogen-bond acceptors (Lipinski definition) is 8. The normalized spacial score (nSPS) is 14.7. The fourth-order valence-corrected chi connectivity index (χ4v) is 4.55. The van der Waals surface area contributed by atoms with Gasteiger partial charge in [0.15, 0.2) is 11.3 Å². The van der Waals surface area contributed by atoms with E-state index in [1.54, 1.807) is 0 Å². The van der Waals surface area contributed by atoms with Gasteiger partial charge in [-0.05, 0) is 63.4 Å². The fourth-order valence-electron chi connectivity index (χ4n) is 3.30. The minimum atomic E-state index is -4.66. The van der Waals surface area contributed by atoms with Crippen LogP contribution >= 0.6 is 0 Å². The van der Waals surface area contributed by atoms with Crippen molar-refractivity contribution >= 4 is 26.7 Å². The summed E-state index contributed by atoms with van der Waals surface area (Å²) in [5.74, 6) is 0.800. The summed E-state index contributed by atoms with van der Waals surface area (Å²) in [6.07, 6.45) is -2.83. The zero-order valence-corrected chi connectivity index (χ0v) is 16.9. The van der Waals surface area contributed by atoms with Crippen LogP contribution in [0.4, 0.5) is 18.9 Å². The van der Waals surface area contributed by atoms with E-state index in [2.05, 4.69) is 35.2 Å². The third-order valence-corrected chi connectivity index (χ3v) is 6.44. The minimum Gasteiger partial charge on any atom is -0.279 e. The molecule has 0 saturated heterocycles. The molecule has 2 aromatic heterocycles. The molecule has 0 aliphatic heterocycles. The minimum absolute atomic E-state index is 0.00938. The van der Waals surface area contributed by atoms with Gasteiger partial charge in [-0.1, -0.05) is 12.1 Å². The van der Waals surface area contributed by atoms with Gasteiger partial charge >= 0.3 is 6.18 Å². The van der Waals surface area contributed by atoms with Gasteiger partial charge in [-0.25, -0.2) is 17.7 Å². The summed E-state index contributed by atoms with van der Waals surface area (Å²) in [6.45, 7) is -0.00938. The molecule has 1 aliphatic carbocycles. The van der Waals surface area contributed by atoms with Crippen LogP contribution in [0.15, 0.2) is 45.9 Å². The summed E-state index contributed by atoms with van der Waals surface area (Å²) < 4.78 is 74.4. The van der Waals surface area contributed by atoms with Crippen molar-refractivity contribution in [2.75, 3.05) is 4.72 Å². The van der Waals surface area contributed by atoms with E-state index in [0.717, 1.165) is 25.0 Å². The molecule has 32 heavy (non-hydrogen) atoms. The molecular formula is C18H14F3N7O3S. The van der Waals surface area contributed by atoms with Crippen molar-refractivity contribution in [2.45, 2.75) is 36.4 Å². The molecule has 1 N–H and O–H groups in total. The van der Waals surface area contributed by atoms with Crippen molar-refractivity contribution in [1.29, 1.82) is 0 Å². The van der Waals surface area contributed by atoms with E-state index >= 15 is 0 Å². The number of hydrogen-bond donors (Lipinski definition) is 1. The molecule has 2 aromatic carbocycles. The lowest BCUT2D eigenvalue weighted by molar-refractivity contribution is -0.137. The van der Waals surface area contributed by atoms with Crippen molar-refractivity contribution in [2.24, 2.45) is 0 Å². The standard InChI is InChI=1S/C18H14F3N7O3S/c19-18(20,21)12-7-6-11(9-28-17(10-4-5-10)22-26-27-28)14(8-12)25-32(29,30)15-3-1-2-13-16(15)24-31-23-13/h1-3,6-8,10,25H,4-5,9H2. The van der Waals surface area contributed by atoms with Crippen molar-refractivity contribution in [3.63, 3.8) is 0 Å². The predicted octanol–water partition coefficient (Wildman–Crippen LogP) is 2.95. The van der Waals surface area contributed by atoms with Crippen LogP contribution in [0.25, 0.3) is 11.0 Å². The average Bonchev–Trinajstić information content (AvgIpc) is 3.27. The fraction of sp³-hybridized carbons (Fsp3) is 0.278. The summed E-state index contributed by atoms with van der Waals surface area (Å²) in [4.78, 5) is -0.277. The molecule has 10 nitrogen and oxygen atoms in total. The van der Waals surface area contributed by atoms with Gasteiger partial charge in [0.2, 0.25) is 0 Å². The molecule has 1 fully saturated rings. The zero-order valence-electron chi connectivity index (χ0n) is 16.1. The Hall–Kier alpha value is -3.55. The summed E-state index contributed by atoms with van der Waals surface area (Å²) in [5, 5.41) is 18.7. The topological polar surface area (TPSA) is 129 Å². The van der Waals surface area contributed by atoms with E-state index in [-0.39, 0.29) is 39.6 Å². The molecule has 5 rings (SSSR count). The van der Waals surface area contributed by atoms with Crippen LogP contribution in [0.5, 0.6) is 0 Å². The molecule has 0 bridgehead atoms. The van der Waals surface area contributed by atoms with E-state index in [1.807, 2.05) is 0 Å². The second-order valence-corrected chi connectivity index (χ2v) is 8.98. The van der Waals surface area contributed by atoms with Crippen LogP contribution in [0.3, 0.4) is 0 Å². The molecule has 0 spiro atoms. The van der Waals surface area contributed by atoms with E-state index in [4.69, 9.17) is 0 Å². The number of nitrogens with zero attached hydrogens (tertiary/aromatic N) is 6. The van der Waals surface area contributed by atoms with Crippen molar-refractivity contribution in [3.8, 4) is 0 Å². The lowest BCUT2D eigenvalue weighted by Crippen LogP contribution is -2.17. The molecule has 2 heterocycles. The summed E-state index contributed by atoms with van der Waals surface area (Å²) in [6, 6.07) is 7.02. The maximum Gasteiger partial charge on any atom is 0.416 e. The van der Waals surface area contributed by atoms with Gasteiger partial charge in [-0.2, -0.15) is 13.2 Å². The maximum atomic E-state index is 13.3. The smallest absolute Gasteiger partial charge is 0.279 e. The first-order valence-electron chi connectivity index (χ1n) is 9.43. The van der Waals surface area contributed by atoms with Crippen LogP contribution in [0.1, 0.15) is 35.7 Å². The van der Waals surface area contributed by atoms with Crippen LogP contribution in [-0.2, 0) is 22.7 Å². The number of alkyl halides is 3. The van der Waals surface area contributed by atoms with E-state index < -0.39 is 21.8 Å². The Morgan fingerprint density at radius 1 is 1.16 bits per heavy atom. The number of tetrazole rings is 1. The van der Waals surface area contributed by atoms with Gasteiger partial charge in [0.05, 0.1) is 17.8 Å². The van der Waals surface area contributed by atoms with E-state index in [1.165, 1.54) is 28.9 Å². The highest BCUT2D eigenvalue weighted by atomic mass is 32.2. The van der Waals surface area contributed by atoms with E-state index in [9.17, 15) is 21.6 Å². The van der Waals surface area contributed by atoms with Gasteiger partial charge < -0.3 is 0 Å². The van der Waals surface area contributed by atoms with Gasteiger partial charge in [-0.15, -0.1) is 5.10 Å². The Morgan fingerprint density at radius 2 is 1.97 bits per heavy atom. The van der Waals surface area contributed by atoms with Gasteiger partial charge in [0.1, 0.15) is 10.4 Å². The number of aromatic nitrogens is 6. The molecule has 166 valence electrons. The highest BCUT2D eigenvalue weighted by Crippen LogP contribution is 2.39. The van der Waals surface area contributed by atoms with Crippen LogP contribution < -0.4 is 4.72 Å². The number of anilines is 1. The Labute approximate surface area is 178 Å². The second-order valence-electron chi connectivity index (χ2n) is 7.33. The van der Waals surface area contributed by atoms with Gasteiger partial charge in [0.25, 0.3) is 10.0 Å². The van der Waals surface area contributed by atoms with E-state index in [0.29, 0.717) is 5.82 Å². The lowest BCUT2D eigenvalue weighted by Gasteiger charge is -2.16. The summed E-state index contributed by atoms with van der Waals surface area (Å²) >= 11 is 0. The Bertz CT molecular complexity index is 1410. The Kier molecular flexibility index (Phi) is 4.62. The second kappa shape index (κ2) is 7.25. The Balaban J connectivity index is 1.56. The Morgan fingerprint density at radius 3 is 2.72 bits per heavy atom. The number of nitrogens with one attached hydrogen (secondary N) is 1. The average molecular weight is 465 g/mol. The summed E-state index contributed by atoms with van der Waals surface area (Å²) in [5.41, 5.74) is -0.823. The lowest BCUT2D eigenvalue weighted by atomic mass is 10.1. The molecule has 4 aromatic rings. The summed E-state index contributed by atoms with van der Waals surface area (Å²) in [7, 11) is -4.33. The number of fused-ring (bicyclic) bond motifs is 1. The SMILES string of the molecule is O=S(=O)(Nc1cc(C(F)(F)F)ccc1Cn1nnnc1C1CC1)c1cccc2nonc12. The third kappa shape index (κ3) is 3.77. The molecule has 0 radical (unpaired) electrons. The maximum absolute atomic E-state index is 13.3. The predicted molar refractivity (Wildman–Crippen MR) is 103 cm³/mol. The van der Waals surface area contributed by atoms with Gasteiger partial charge in [0, 0.05) is 5.92 Å². The van der Waals surface area contributed by atoms with Crippen molar-refractivity contribution in [1.82, 2.24) is 30.5 Å². The number of halogens is 3.